The monoisotopic (exact) mass is 324 g/mol. The fourth-order valence-electron chi connectivity index (χ4n) is 1.60. The van der Waals surface area contributed by atoms with Gasteiger partial charge in [-0.3, -0.25) is 14.9 Å². The average molecular weight is 325 g/mol. The molecule has 2 rings (SSSR count). The summed E-state index contributed by atoms with van der Waals surface area (Å²) in [7, 11) is 0. The first kappa shape index (κ1) is 13.2. The number of nitrogens with two attached hydrogens (primary N) is 1. The Bertz CT molecular complexity index is 699. The third-order valence-corrected chi connectivity index (χ3v) is 2.93. The van der Waals surface area contributed by atoms with Gasteiger partial charge in [0.1, 0.15) is 5.82 Å². The molecule has 0 aromatic carbocycles. The summed E-state index contributed by atoms with van der Waals surface area (Å²) in [5, 5.41) is 10.8. The third kappa shape index (κ3) is 2.79. The summed E-state index contributed by atoms with van der Waals surface area (Å²) in [5.74, 6) is 0.289. The van der Waals surface area contributed by atoms with Crippen LogP contribution in [0.3, 0.4) is 0 Å². The molecule has 0 spiro atoms. The van der Waals surface area contributed by atoms with Crippen LogP contribution in [-0.2, 0) is 6.54 Å². The van der Waals surface area contributed by atoms with Crippen molar-refractivity contribution in [1.29, 1.82) is 0 Å². The largest absolute Gasteiger partial charge is 0.383 e. The number of rotatable bonds is 3. The Labute approximate surface area is 116 Å². The van der Waals surface area contributed by atoms with Crippen LogP contribution < -0.4 is 11.3 Å². The molecule has 0 aliphatic rings. The predicted octanol–water partition coefficient (Wildman–Crippen LogP) is 1.54. The van der Waals surface area contributed by atoms with Gasteiger partial charge in [-0.2, -0.15) is 0 Å². The summed E-state index contributed by atoms with van der Waals surface area (Å²) in [6, 6.07) is 4.57. The minimum Gasteiger partial charge on any atom is -0.383 e. The zero-order valence-electron chi connectivity index (χ0n) is 9.62. The van der Waals surface area contributed by atoms with Crippen LogP contribution in [-0.4, -0.2) is 14.5 Å². The van der Waals surface area contributed by atoms with Crippen molar-refractivity contribution in [2.75, 3.05) is 5.73 Å². The molecule has 0 unspecified atom stereocenters. The summed E-state index contributed by atoms with van der Waals surface area (Å²) in [5.41, 5.74) is 5.13. The Hall–Kier alpha value is -2.22. The lowest BCUT2D eigenvalue weighted by molar-refractivity contribution is -0.386. The van der Waals surface area contributed by atoms with Crippen LogP contribution in [0.25, 0.3) is 0 Å². The highest BCUT2D eigenvalue weighted by Gasteiger charge is 2.16. The fraction of sp³-hybridized carbons (Fsp3) is 0.0909. The number of anilines is 1. The number of aromatic nitrogens is 2. The van der Waals surface area contributed by atoms with E-state index in [1.54, 1.807) is 12.1 Å². The van der Waals surface area contributed by atoms with Gasteiger partial charge in [-0.15, -0.1) is 0 Å². The first-order chi connectivity index (χ1) is 8.99. The quantitative estimate of drug-likeness (QED) is 0.681. The topological polar surface area (TPSA) is 104 Å². The number of halogens is 1. The molecular formula is C11H9BrN4O3. The SMILES string of the molecule is Nc1ncccc1Cn1cc(Br)cc([N+](=O)[O-])c1=O. The van der Waals surface area contributed by atoms with Gasteiger partial charge in [-0.05, 0) is 22.0 Å². The molecule has 98 valence electrons. The molecule has 0 atom stereocenters. The maximum atomic E-state index is 11.9. The van der Waals surface area contributed by atoms with Gasteiger partial charge in [0, 0.05) is 28.5 Å². The smallest absolute Gasteiger partial charge is 0.335 e. The van der Waals surface area contributed by atoms with Gasteiger partial charge in [0.2, 0.25) is 0 Å². The van der Waals surface area contributed by atoms with E-state index in [4.69, 9.17) is 5.73 Å². The zero-order valence-corrected chi connectivity index (χ0v) is 11.2. The second kappa shape index (κ2) is 5.19. The van der Waals surface area contributed by atoms with Crippen molar-refractivity contribution in [1.82, 2.24) is 9.55 Å². The second-order valence-electron chi connectivity index (χ2n) is 3.78. The third-order valence-electron chi connectivity index (χ3n) is 2.50. The Morgan fingerprint density at radius 3 is 2.89 bits per heavy atom. The number of pyridine rings is 2. The number of nitrogen functional groups attached to an aromatic ring is 1. The Morgan fingerprint density at radius 1 is 1.53 bits per heavy atom. The Kier molecular flexibility index (Phi) is 3.61. The molecule has 2 N–H and O–H groups in total. The molecule has 0 fully saturated rings. The van der Waals surface area contributed by atoms with Crippen LogP contribution in [0.1, 0.15) is 5.56 Å². The molecule has 2 aromatic heterocycles. The molecule has 0 amide bonds. The normalized spacial score (nSPS) is 10.4. The van der Waals surface area contributed by atoms with E-state index in [1.165, 1.54) is 23.0 Å². The summed E-state index contributed by atoms with van der Waals surface area (Å²) in [6.07, 6.45) is 3.01. The van der Waals surface area contributed by atoms with E-state index >= 15 is 0 Å². The highest BCUT2D eigenvalue weighted by atomic mass is 79.9. The van der Waals surface area contributed by atoms with Gasteiger partial charge in [0.05, 0.1) is 11.5 Å². The van der Waals surface area contributed by atoms with Gasteiger partial charge in [-0.25, -0.2) is 4.98 Å². The molecule has 0 radical (unpaired) electrons. The van der Waals surface area contributed by atoms with Crippen molar-refractivity contribution >= 4 is 27.4 Å². The number of hydrogen-bond donors (Lipinski definition) is 1. The molecule has 0 aliphatic carbocycles. The Balaban J connectivity index is 2.50. The lowest BCUT2D eigenvalue weighted by atomic mass is 10.2. The van der Waals surface area contributed by atoms with Gasteiger partial charge in [0.25, 0.3) is 0 Å². The van der Waals surface area contributed by atoms with E-state index in [1.807, 2.05) is 0 Å². The number of nitrogens with zero attached hydrogens (tertiary/aromatic N) is 3. The van der Waals surface area contributed by atoms with Crippen molar-refractivity contribution in [3.05, 3.63) is 61.1 Å². The van der Waals surface area contributed by atoms with Crippen LogP contribution in [0.15, 0.2) is 39.9 Å². The molecule has 0 bridgehead atoms. The fourth-order valence-corrected chi connectivity index (χ4v) is 2.06. The van der Waals surface area contributed by atoms with Crippen LogP contribution in [0.5, 0.6) is 0 Å². The van der Waals surface area contributed by atoms with Crippen LogP contribution in [0.4, 0.5) is 11.5 Å². The summed E-state index contributed by atoms with van der Waals surface area (Å²) < 4.78 is 1.66. The van der Waals surface area contributed by atoms with Crippen molar-refractivity contribution in [3.63, 3.8) is 0 Å². The molecule has 19 heavy (non-hydrogen) atoms. The number of nitro groups is 1. The maximum absolute atomic E-state index is 11.9. The first-order valence-corrected chi connectivity index (χ1v) is 6.02. The van der Waals surface area contributed by atoms with Gasteiger partial charge >= 0.3 is 11.2 Å². The van der Waals surface area contributed by atoms with Crippen LogP contribution in [0.2, 0.25) is 0 Å². The van der Waals surface area contributed by atoms with E-state index in [0.29, 0.717) is 10.0 Å². The van der Waals surface area contributed by atoms with E-state index < -0.39 is 16.2 Å². The lowest BCUT2D eigenvalue weighted by Crippen LogP contribution is -2.23. The predicted molar refractivity (Wildman–Crippen MR) is 72.8 cm³/mol. The molecule has 8 heteroatoms. The van der Waals surface area contributed by atoms with Gasteiger partial charge < -0.3 is 10.3 Å². The van der Waals surface area contributed by atoms with E-state index in [-0.39, 0.29) is 12.4 Å². The van der Waals surface area contributed by atoms with Gasteiger partial charge in [0.15, 0.2) is 0 Å². The molecule has 0 saturated heterocycles. The van der Waals surface area contributed by atoms with E-state index in [0.717, 1.165) is 0 Å². The summed E-state index contributed by atoms with van der Waals surface area (Å²) in [4.78, 5) is 25.9. The first-order valence-electron chi connectivity index (χ1n) is 5.23. The molecule has 2 aromatic rings. The minimum absolute atomic E-state index is 0.124. The summed E-state index contributed by atoms with van der Waals surface area (Å²) in [6.45, 7) is 0.124. The minimum atomic E-state index is -0.712. The molecule has 0 saturated carbocycles. The highest BCUT2D eigenvalue weighted by Crippen LogP contribution is 2.15. The van der Waals surface area contributed by atoms with Crippen molar-refractivity contribution in [3.8, 4) is 0 Å². The standard InChI is InChI=1S/C11H9BrN4O3/c12-8-4-9(16(18)19)11(17)15(6-8)5-7-2-1-3-14-10(7)13/h1-4,6H,5H2,(H2,13,14). The van der Waals surface area contributed by atoms with Gasteiger partial charge in [-0.1, -0.05) is 6.07 Å². The van der Waals surface area contributed by atoms with Crippen molar-refractivity contribution < 1.29 is 4.92 Å². The van der Waals surface area contributed by atoms with E-state index in [2.05, 4.69) is 20.9 Å². The molecule has 2 heterocycles. The highest BCUT2D eigenvalue weighted by molar-refractivity contribution is 9.10. The lowest BCUT2D eigenvalue weighted by Gasteiger charge is -2.08. The van der Waals surface area contributed by atoms with Crippen molar-refractivity contribution in [2.45, 2.75) is 6.54 Å². The Morgan fingerprint density at radius 2 is 2.26 bits per heavy atom. The van der Waals surface area contributed by atoms with Crippen LogP contribution >= 0.6 is 15.9 Å². The maximum Gasteiger partial charge on any atom is 0.335 e. The zero-order chi connectivity index (χ0) is 14.0. The van der Waals surface area contributed by atoms with Crippen LogP contribution in [0, 0.1) is 10.1 Å². The second-order valence-corrected chi connectivity index (χ2v) is 4.70. The molecular weight excluding hydrogens is 316 g/mol. The van der Waals surface area contributed by atoms with E-state index in [9.17, 15) is 14.9 Å². The summed E-state index contributed by atoms with van der Waals surface area (Å²) >= 11 is 3.14. The van der Waals surface area contributed by atoms with Crippen molar-refractivity contribution in [2.24, 2.45) is 0 Å². The average Bonchev–Trinajstić information content (AvgIpc) is 2.35. The number of hydrogen-bond acceptors (Lipinski definition) is 5. The molecule has 0 aliphatic heterocycles. The molecule has 7 nitrogen and oxygen atoms in total.